The van der Waals surface area contributed by atoms with Gasteiger partial charge >= 0.3 is 5.69 Å². The van der Waals surface area contributed by atoms with Crippen molar-refractivity contribution in [1.29, 1.82) is 0 Å². The molecular weight excluding hydrogens is 276 g/mol. The van der Waals surface area contributed by atoms with Crippen LogP contribution in [0.25, 0.3) is 11.4 Å². The van der Waals surface area contributed by atoms with E-state index in [4.69, 9.17) is 4.74 Å². The predicted molar refractivity (Wildman–Crippen MR) is 75.0 cm³/mol. The van der Waals surface area contributed by atoms with Gasteiger partial charge in [0.25, 0.3) is 0 Å². The minimum absolute atomic E-state index is 0.0681. The van der Waals surface area contributed by atoms with Crippen LogP contribution in [0.1, 0.15) is 13.3 Å². The Morgan fingerprint density at radius 2 is 2.05 bits per heavy atom. The first-order valence-corrected chi connectivity index (χ1v) is 6.28. The van der Waals surface area contributed by atoms with Crippen molar-refractivity contribution >= 4 is 11.6 Å². The van der Waals surface area contributed by atoms with Crippen molar-refractivity contribution in [2.75, 3.05) is 19.0 Å². The third-order valence-corrected chi connectivity index (χ3v) is 2.58. The summed E-state index contributed by atoms with van der Waals surface area (Å²) in [5, 5.41) is 14.1. The number of hydrogen-bond acceptors (Lipinski definition) is 8. The summed E-state index contributed by atoms with van der Waals surface area (Å²) >= 11 is 0. The number of nitrogens with one attached hydrogen (secondary N) is 1. The second-order valence-corrected chi connectivity index (χ2v) is 4.03. The van der Waals surface area contributed by atoms with Gasteiger partial charge in [0, 0.05) is 18.9 Å². The molecule has 9 nitrogen and oxygen atoms in total. The third kappa shape index (κ3) is 3.19. The number of ether oxygens (including phenoxy) is 1. The van der Waals surface area contributed by atoms with E-state index in [2.05, 4.69) is 25.3 Å². The lowest BCUT2D eigenvalue weighted by Gasteiger charge is -2.08. The van der Waals surface area contributed by atoms with E-state index >= 15 is 0 Å². The molecule has 1 N–H and O–H groups in total. The van der Waals surface area contributed by atoms with Crippen LogP contribution in [0.4, 0.5) is 11.6 Å². The van der Waals surface area contributed by atoms with Gasteiger partial charge in [-0.2, -0.15) is 0 Å². The molecule has 0 saturated heterocycles. The fourth-order valence-electron chi connectivity index (χ4n) is 1.64. The summed E-state index contributed by atoms with van der Waals surface area (Å²) in [6.07, 6.45) is 4.88. The predicted octanol–water partition coefficient (Wildman–Crippen LogP) is 1.67. The highest BCUT2D eigenvalue weighted by molar-refractivity contribution is 5.70. The van der Waals surface area contributed by atoms with E-state index in [1.54, 1.807) is 0 Å². The summed E-state index contributed by atoms with van der Waals surface area (Å²) in [6.45, 7) is 2.65. The van der Waals surface area contributed by atoms with E-state index in [-0.39, 0.29) is 23.0 Å². The summed E-state index contributed by atoms with van der Waals surface area (Å²) < 4.78 is 5.08. The van der Waals surface area contributed by atoms with Crippen molar-refractivity contribution in [2.24, 2.45) is 0 Å². The average Bonchev–Trinajstić information content (AvgIpc) is 2.52. The second kappa shape index (κ2) is 6.55. The normalized spacial score (nSPS) is 10.2. The molecule has 0 fully saturated rings. The van der Waals surface area contributed by atoms with E-state index in [0.29, 0.717) is 12.5 Å². The molecule has 0 spiro atoms. The molecule has 2 heterocycles. The number of anilines is 1. The minimum atomic E-state index is -0.562. The zero-order valence-corrected chi connectivity index (χ0v) is 11.6. The SMILES string of the molecule is CCCNc1ncc([N+](=O)[O-])c(-c2nccnc2OC)n1. The molecule has 0 amide bonds. The quantitative estimate of drug-likeness (QED) is 0.630. The Kier molecular flexibility index (Phi) is 4.54. The number of nitro groups is 1. The van der Waals surface area contributed by atoms with Crippen LogP contribution in [0.3, 0.4) is 0 Å². The molecule has 2 rings (SSSR count). The first-order valence-electron chi connectivity index (χ1n) is 6.28. The molecule has 0 radical (unpaired) electrons. The highest BCUT2D eigenvalue weighted by Gasteiger charge is 2.23. The smallest absolute Gasteiger partial charge is 0.315 e. The molecule has 21 heavy (non-hydrogen) atoms. The van der Waals surface area contributed by atoms with Crippen molar-refractivity contribution in [2.45, 2.75) is 13.3 Å². The molecule has 0 aromatic carbocycles. The lowest BCUT2D eigenvalue weighted by molar-refractivity contribution is -0.384. The molecule has 0 saturated carbocycles. The number of methoxy groups -OCH3 is 1. The topological polar surface area (TPSA) is 116 Å². The first kappa shape index (κ1) is 14.6. The van der Waals surface area contributed by atoms with Crippen LogP contribution in [-0.2, 0) is 0 Å². The summed E-state index contributed by atoms with van der Waals surface area (Å²) in [5.74, 6) is 0.464. The highest BCUT2D eigenvalue weighted by atomic mass is 16.6. The third-order valence-electron chi connectivity index (χ3n) is 2.58. The molecule has 0 aliphatic heterocycles. The molecule has 2 aromatic rings. The lowest BCUT2D eigenvalue weighted by Crippen LogP contribution is -2.07. The number of rotatable bonds is 6. The fraction of sp³-hybridized carbons (Fsp3) is 0.333. The van der Waals surface area contributed by atoms with Gasteiger partial charge in [-0.3, -0.25) is 10.1 Å². The van der Waals surface area contributed by atoms with E-state index in [1.165, 1.54) is 19.5 Å². The van der Waals surface area contributed by atoms with Crippen molar-refractivity contribution in [3.63, 3.8) is 0 Å². The van der Waals surface area contributed by atoms with Crippen LogP contribution in [0.2, 0.25) is 0 Å². The molecule has 0 atom stereocenters. The van der Waals surface area contributed by atoms with Gasteiger partial charge in [-0.05, 0) is 6.42 Å². The molecule has 0 bridgehead atoms. The summed E-state index contributed by atoms with van der Waals surface area (Å²) in [4.78, 5) is 26.7. The largest absolute Gasteiger partial charge is 0.479 e. The number of aromatic nitrogens is 4. The lowest BCUT2D eigenvalue weighted by atomic mass is 10.2. The Morgan fingerprint density at radius 3 is 2.71 bits per heavy atom. The Bertz CT molecular complexity index is 649. The Balaban J connectivity index is 2.55. The van der Waals surface area contributed by atoms with Gasteiger partial charge in [0.1, 0.15) is 6.20 Å². The molecule has 0 unspecified atom stereocenters. The second-order valence-electron chi connectivity index (χ2n) is 4.03. The van der Waals surface area contributed by atoms with Gasteiger partial charge in [-0.1, -0.05) is 6.92 Å². The Morgan fingerprint density at radius 1 is 1.29 bits per heavy atom. The molecule has 2 aromatic heterocycles. The zero-order valence-electron chi connectivity index (χ0n) is 11.6. The Hall–Kier alpha value is -2.84. The Labute approximate surface area is 120 Å². The molecule has 110 valence electrons. The standard InChI is InChI=1S/C12H14N6O3/c1-3-4-15-12-16-7-8(18(19)20)9(17-12)10-11(21-2)14-6-5-13-10/h5-7H,3-4H2,1-2H3,(H,15,16,17). The van der Waals surface area contributed by atoms with Gasteiger partial charge in [0.2, 0.25) is 11.8 Å². The molecule has 0 aliphatic rings. The van der Waals surface area contributed by atoms with E-state index in [1.807, 2.05) is 6.92 Å². The maximum atomic E-state index is 11.1. The number of hydrogen-bond donors (Lipinski definition) is 1. The van der Waals surface area contributed by atoms with Crippen LogP contribution in [-0.4, -0.2) is 38.5 Å². The average molecular weight is 290 g/mol. The van der Waals surface area contributed by atoms with Crippen LogP contribution in [0, 0.1) is 10.1 Å². The van der Waals surface area contributed by atoms with E-state index in [9.17, 15) is 10.1 Å². The summed E-state index contributed by atoms with van der Waals surface area (Å²) in [5.41, 5.74) is 0.0167. The van der Waals surface area contributed by atoms with E-state index < -0.39 is 4.92 Å². The van der Waals surface area contributed by atoms with Gasteiger partial charge in [0.15, 0.2) is 11.4 Å². The van der Waals surface area contributed by atoms with Crippen molar-refractivity contribution in [1.82, 2.24) is 19.9 Å². The molecule has 9 heteroatoms. The van der Waals surface area contributed by atoms with Crippen molar-refractivity contribution in [3.8, 4) is 17.3 Å². The molecule has 0 aliphatic carbocycles. The van der Waals surface area contributed by atoms with Gasteiger partial charge in [0.05, 0.1) is 12.0 Å². The zero-order chi connectivity index (χ0) is 15.2. The maximum absolute atomic E-state index is 11.1. The van der Waals surface area contributed by atoms with E-state index in [0.717, 1.165) is 12.6 Å². The van der Waals surface area contributed by atoms with Crippen molar-refractivity contribution in [3.05, 3.63) is 28.7 Å². The first-order chi connectivity index (χ1) is 10.2. The van der Waals surface area contributed by atoms with Crippen molar-refractivity contribution < 1.29 is 9.66 Å². The van der Waals surface area contributed by atoms with Gasteiger partial charge < -0.3 is 10.1 Å². The van der Waals surface area contributed by atoms with Crippen LogP contribution < -0.4 is 10.1 Å². The van der Waals surface area contributed by atoms with Gasteiger partial charge in [-0.15, -0.1) is 0 Å². The summed E-state index contributed by atoms with van der Waals surface area (Å²) in [6, 6.07) is 0. The fourth-order valence-corrected chi connectivity index (χ4v) is 1.64. The van der Waals surface area contributed by atoms with Gasteiger partial charge in [-0.25, -0.2) is 19.9 Å². The van der Waals surface area contributed by atoms with Crippen LogP contribution in [0.5, 0.6) is 5.88 Å². The minimum Gasteiger partial charge on any atom is -0.479 e. The summed E-state index contributed by atoms with van der Waals surface area (Å²) in [7, 11) is 1.41. The highest BCUT2D eigenvalue weighted by Crippen LogP contribution is 2.31. The number of nitrogens with zero attached hydrogens (tertiary/aromatic N) is 5. The van der Waals surface area contributed by atoms with Crippen LogP contribution >= 0.6 is 0 Å². The monoisotopic (exact) mass is 290 g/mol. The maximum Gasteiger partial charge on any atom is 0.315 e. The van der Waals surface area contributed by atoms with Crippen LogP contribution in [0.15, 0.2) is 18.6 Å². The molecular formula is C12H14N6O3.